The summed E-state index contributed by atoms with van der Waals surface area (Å²) in [6.07, 6.45) is 0. The second kappa shape index (κ2) is 4.45. The van der Waals surface area contributed by atoms with E-state index in [1.54, 1.807) is 17.8 Å². The third-order valence-electron chi connectivity index (χ3n) is 2.32. The number of H-pyrrole nitrogens is 1. The van der Waals surface area contributed by atoms with Crippen LogP contribution < -0.4 is 10.9 Å². The number of halogens is 1. The molecule has 0 spiro atoms. The van der Waals surface area contributed by atoms with Crippen LogP contribution in [0.4, 0.5) is 5.69 Å². The van der Waals surface area contributed by atoms with Crippen LogP contribution in [0.2, 0.25) is 5.02 Å². The molecule has 0 saturated heterocycles. The Hall–Kier alpha value is -1.68. The lowest BCUT2D eigenvalue weighted by atomic mass is 10.3. The number of rotatable bonds is 3. The number of benzene rings is 1. The van der Waals surface area contributed by atoms with E-state index in [1.807, 2.05) is 24.3 Å². The Morgan fingerprint density at radius 2 is 2.06 bits per heavy atom. The standard InChI is InChI=1S/C11H12ClN3O/c1-15-10(6-11(16)14-15)7-13-9-4-2-8(12)3-5-9/h2-6,13H,7H2,1H3,(H,14,16). The zero-order valence-corrected chi connectivity index (χ0v) is 9.58. The zero-order chi connectivity index (χ0) is 11.5. The summed E-state index contributed by atoms with van der Waals surface area (Å²) in [6.45, 7) is 0.594. The van der Waals surface area contributed by atoms with Crippen LogP contribution in [0.15, 0.2) is 35.1 Å². The largest absolute Gasteiger partial charge is 0.379 e. The topological polar surface area (TPSA) is 49.8 Å². The Morgan fingerprint density at radius 3 is 2.62 bits per heavy atom. The molecule has 1 aromatic carbocycles. The molecule has 0 bridgehead atoms. The molecule has 0 aliphatic rings. The molecule has 0 radical (unpaired) electrons. The van der Waals surface area contributed by atoms with Crippen molar-refractivity contribution in [2.45, 2.75) is 6.54 Å². The fourth-order valence-corrected chi connectivity index (χ4v) is 1.57. The van der Waals surface area contributed by atoms with Gasteiger partial charge in [0.05, 0.1) is 12.2 Å². The van der Waals surface area contributed by atoms with E-state index >= 15 is 0 Å². The summed E-state index contributed by atoms with van der Waals surface area (Å²) in [5.74, 6) is 0. The average Bonchev–Trinajstić information content (AvgIpc) is 2.57. The molecule has 0 aliphatic heterocycles. The van der Waals surface area contributed by atoms with E-state index in [2.05, 4.69) is 10.4 Å². The first-order valence-corrected chi connectivity index (χ1v) is 5.27. The molecule has 0 saturated carbocycles. The molecule has 4 nitrogen and oxygen atoms in total. The summed E-state index contributed by atoms with van der Waals surface area (Å²) in [7, 11) is 1.81. The number of aryl methyl sites for hydroxylation is 1. The van der Waals surface area contributed by atoms with Crippen molar-refractivity contribution in [2.75, 3.05) is 5.32 Å². The molecule has 1 heterocycles. The molecule has 2 rings (SSSR count). The number of aromatic amines is 1. The highest BCUT2D eigenvalue weighted by atomic mass is 35.5. The first kappa shape index (κ1) is 10.8. The van der Waals surface area contributed by atoms with E-state index in [0.29, 0.717) is 11.6 Å². The zero-order valence-electron chi connectivity index (χ0n) is 8.83. The van der Waals surface area contributed by atoms with E-state index < -0.39 is 0 Å². The lowest BCUT2D eigenvalue weighted by Crippen LogP contribution is -2.05. The van der Waals surface area contributed by atoms with Crippen LogP contribution in [0.3, 0.4) is 0 Å². The fourth-order valence-electron chi connectivity index (χ4n) is 1.45. The van der Waals surface area contributed by atoms with Gasteiger partial charge in [0.25, 0.3) is 5.56 Å². The summed E-state index contributed by atoms with van der Waals surface area (Å²) in [6, 6.07) is 9.00. The Balaban J connectivity index is 2.05. The normalized spacial score (nSPS) is 10.4. The van der Waals surface area contributed by atoms with E-state index in [1.165, 1.54) is 0 Å². The second-order valence-corrected chi connectivity index (χ2v) is 3.97. The van der Waals surface area contributed by atoms with Gasteiger partial charge in [-0.25, -0.2) is 0 Å². The predicted octanol–water partition coefficient (Wildman–Crippen LogP) is 1.98. The molecule has 2 N–H and O–H groups in total. The number of hydrogen-bond acceptors (Lipinski definition) is 2. The number of hydrogen-bond donors (Lipinski definition) is 2. The number of anilines is 1. The smallest absolute Gasteiger partial charge is 0.264 e. The molecule has 84 valence electrons. The maximum atomic E-state index is 11.0. The van der Waals surface area contributed by atoms with Crippen LogP contribution in [-0.2, 0) is 13.6 Å². The minimum atomic E-state index is -0.0876. The van der Waals surface area contributed by atoms with Crippen molar-refractivity contribution in [3.8, 4) is 0 Å². The minimum absolute atomic E-state index is 0.0876. The van der Waals surface area contributed by atoms with Gasteiger partial charge in [-0.2, -0.15) is 0 Å². The van der Waals surface area contributed by atoms with Gasteiger partial charge < -0.3 is 5.32 Å². The van der Waals surface area contributed by atoms with Crippen LogP contribution in [0.25, 0.3) is 0 Å². The van der Waals surface area contributed by atoms with Crippen LogP contribution in [0.5, 0.6) is 0 Å². The van der Waals surface area contributed by atoms with Gasteiger partial charge >= 0.3 is 0 Å². The van der Waals surface area contributed by atoms with Crippen LogP contribution in [0.1, 0.15) is 5.69 Å². The highest BCUT2D eigenvalue weighted by Crippen LogP contribution is 2.13. The number of nitrogens with zero attached hydrogens (tertiary/aromatic N) is 1. The second-order valence-electron chi connectivity index (χ2n) is 3.53. The van der Waals surface area contributed by atoms with E-state index in [4.69, 9.17) is 11.6 Å². The van der Waals surface area contributed by atoms with Crippen LogP contribution >= 0.6 is 11.6 Å². The lowest BCUT2D eigenvalue weighted by Gasteiger charge is -2.06. The third-order valence-corrected chi connectivity index (χ3v) is 2.58. The molecular formula is C11H12ClN3O. The molecular weight excluding hydrogens is 226 g/mol. The van der Waals surface area contributed by atoms with Crippen molar-refractivity contribution >= 4 is 17.3 Å². The summed E-state index contributed by atoms with van der Waals surface area (Å²) in [5, 5.41) is 6.56. The van der Waals surface area contributed by atoms with Crippen molar-refractivity contribution in [1.82, 2.24) is 9.78 Å². The molecule has 1 aromatic heterocycles. The van der Waals surface area contributed by atoms with E-state index in [-0.39, 0.29) is 5.56 Å². The van der Waals surface area contributed by atoms with Crippen molar-refractivity contribution < 1.29 is 0 Å². The number of nitrogens with one attached hydrogen (secondary N) is 2. The van der Waals surface area contributed by atoms with Gasteiger partial charge in [0.1, 0.15) is 0 Å². The van der Waals surface area contributed by atoms with Gasteiger partial charge in [0.15, 0.2) is 0 Å². The van der Waals surface area contributed by atoms with E-state index in [0.717, 1.165) is 11.4 Å². The van der Waals surface area contributed by atoms with Crippen molar-refractivity contribution in [1.29, 1.82) is 0 Å². The predicted molar refractivity (Wildman–Crippen MR) is 64.8 cm³/mol. The van der Waals surface area contributed by atoms with Crippen molar-refractivity contribution in [2.24, 2.45) is 7.05 Å². The number of aromatic nitrogens is 2. The summed E-state index contributed by atoms with van der Waals surface area (Å²) in [4.78, 5) is 11.0. The SMILES string of the molecule is Cn1[nH]c(=O)cc1CNc1ccc(Cl)cc1. The van der Waals surface area contributed by atoms with Crippen molar-refractivity contribution in [3.05, 3.63) is 51.4 Å². The quantitative estimate of drug-likeness (QED) is 0.858. The molecule has 0 amide bonds. The molecule has 0 fully saturated rings. The molecule has 0 unspecified atom stereocenters. The Morgan fingerprint density at radius 1 is 1.38 bits per heavy atom. The molecule has 2 aromatic rings. The summed E-state index contributed by atoms with van der Waals surface area (Å²) in [5.41, 5.74) is 1.79. The Labute approximate surface area is 97.8 Å². The fraction of sp³-hybridized carbons (Fsp3) is 0.182. The molecule has 16 heavy (non-hydrogen) atoms. The highest BCUT2D eigenvalue weighted by Gasteiger charge is 2.00. The Kier molecular flexibility index (Phi) is 3.01. The third kappa shape index (κ3) is 2.46. The van der Waals surface area contributed by atoms with Gasteiger partial charge in [0.2, 0.25) is 0 Å². The maximum Gasteiger partial charge on any atom is 0.264 e. The van der Waals surface area contributed by atoms with E-state index in [9.17, 15) is 4.79 Å². The Bertz CT molecular complexity index is 527. The first-order chi connectivity index (χ1) is 7.65. The van der Waals surface area contributed by atoms with Gasteiger partial charge in [-0.3, -0.25) is 14.6 Å². The monoisotopic (exact) mass is 237 g/mol. The molecule has 0 aliphatic carbocycles. The minimum Gasteiger partial charge on any atom is -0.379 e. The first-order valence-electron chi connectivity index (χ1n) is 4.89. The van der Waals surface area contributed by atoms with Gasteiger partial charge in [0, 0.05) is 23.8 Å². The lowest BCUT2D eigenvalue weighted by molar-refractivity contribution is 0.713. The maximum absolute atomic E-state index is 11.0. The van der Waals surface area contributed by atoms with Crippen molar-refractivity contribution in [3.63, 3.8) is 0 Å². The highest BCUT2D eigenvalue weighted by molar-refractivity contribution is 6.30. The van der Waals surface area contributed by atoms with Gasteiger partial charge in [-0.1, -0.05) is 11.6 Å². The van der Waals surface area contributed by atoms with Crippen LogP contribution in [0, 0.1) is 0 Å². The summed E-state index contributed by atoms with van der Waals surface area (Å²) >= 11 is 5.78. The average molecular weight is 238 g/mol. The van der Waals surface area contributed by atoms with Gasteiger partial charge in [-0.05, 0) is 24.3 Å². The summed E-state index contributed by atoms with van der Waals surface area (Å²) < 4.78 is 1.70. The van der Waals surface area contributed by atoms with Gasteiger partial charge in [-0.15, -0.1) is 0 Å². The molecule has 0 atom stereocenters. The van der Waals surface area contributed by atoms with Crippen LogP contribution in [-0.4, -0.2) is 9.78 Å². The molecule has 5 heteroatoms.